The highest BCUT2D eigenvalue weighted by Crippen LogP contribution is 2.47. The number of phosphoric ester groups is 1. The minimum Gasteiger partial charge on any atom is -0.403 e. The highest BCUT2D eigenvalue weighted by atomic mass is 31.2. The standard InChI is InChI=1S/C12H21O5PSi/c1-12(2,3)19(4,5)17-16-18(13,14)15-11-9-7-6-8-10-11/h6-10H,1-5H3,(H,13,14). The predicted octanol–water partition coefficient (Wildman–Crippen LogP) is 4.12. The van der Waals surface area contributed by atoms with Crippen molar-refractivity contribution >= 4 is 16.1 Å². The zero-order valence-electron chi connectivity index (χ0n) is 11.9. The van der Waals surface area contributed by atoms with E-state index in [9.17, 15) is 9.46 Å². The molecule has 0 spiro atoms. The molecule has 0 aliphatic rings. The SMILES string of the molecule is CC(C)(C)[Si](C)(C)OOP(=O)(O)Oc1ccccc1. The molecule has 0 fully saturated rings. The Balaban J connectivity index is 2.64. The van der Waals surface area contributed by atoms with E-state index in [2.05, 4.69) is 4.67 Å². The topological polar surface area (TPSA) is 65.0 Å². The van der Waals surface area contributed by atoms with E-state index in [0.717, 1.165) is 0 Å². The van der Waals surface area contributed by atoms with E-state index >= 15 is 0 Å². The van der Waals surface area contributed by atoms with Crippen molar-refractivity contribution in [1.82, 2.24) is 0 Å². The van der Waals surface area contributed by atoms with Gasteiger partial charge in [-0.3, -0.25) is 9.47 Å². The van der Waals surface area contributed by atoms with Crippen molar-refractivity contribution in [2.24, 2.45) is 0 Å². The lowest BCUT2D eigenvalue weighted by atomic mass is 10.2. The lowest BCUT2D eigenvalue weighted by molar-refractivity contribution is -0.136. The number of benzene rings is 1. The molecule has 0 aliphatic heterocycles. The Morgan fingerprint density at radius 3 is 2.16 bits per heavy atom. The average molecular weight is 304 g/mol. The van der Waals surface area contributed by atoms with E-state index in [1.54, 1.807) is 30.3 Å². The summed E-state index contributed by atoms with van der Waals surface area (Å²) in [4.78, 5) is 9.61. The van der Waals surface area contributed by atoms with Gasteiger partial charge in [0.1, 0.15) is 5.75 Å². The highest BCUT2D eigenvalue weighted by Gasteiger charge is 2.41. The molecule has 0 aliphatic carbocycles. The molecule has 1 atom stereocenters. The Morgan fingerprint density at radius 2 is 1.68 bits per heavy atom. The van der Waals surface area contributed by atoms with Gasteiger partial charge in [0, 0.05) is 0 Å². The van der Waals surface area contributed by atoms with Crippen LogP contribution in [0.5, 0.6) is 5.75 Å². The lowest BCUT2D eigenvalue weighted by Gasteiger charge is -2.34. The van der Waals surface area contributed by atoms with Crippen LogP contribution in [0.4, 0.5) is 0 Å². The van der Waals surface area contributed by atoms with Gasteiger partial charge in [-0.25, -0.2) is 4.57 Å². The van der Waals surface area contributed by atoms with Crippen LogP contribution in [-0.2, 0) is 13.8 Å². The van der Waals surface area contributed by atoms with Crippen LogP contribution >= 0.6 is 7.82 Å². The molecule has 0 saturated heterocycles. The van der Waals surface area contributed by atoms with Gasteiger partial charge in [0.15, 0.2) is 0 Å². The van der Waals surface area contributed by atoms with E-state index in [-0.39, 0.29) is 10.8 Å². The molecule has 19 heavy (non-hydrogen) atoms. The van der Waals surface area contributed by atoms with E-state index in [4.69, 9.17) is 9.10 Å². The Morgan fingerprint density at radius 1 is 1.16 bits per heavy atom. The fraction of sp³-hybridized carbons (Fsp3) is 0.500. The van der Waals surface area contributed by atoms with E-state index in [1.807, 2.05) is 33.9 Å². The molecule has 0 bridgehead atoms. The predicted molar refractivity (Wildman–Crippen MR) is 76.3 cm³/mol. The second kappa shape index (κ2) is 5.77. The molecular weight excluding hydrogens is 283 g/mol. The minimum absolute atomic E-state index is 0.125. The van der Waals surface area contributed by atoms with Crippen molar-refractivity contribution in [2.45, 2.75) is 38.9 Å². The minimum atomic E-state index is -4.27. The third-order valence-corrected chi connectivity index (χ3v) is 8.07. The Bertz CT molecular complexity index is 455. The maximum absolute atomic E-state index is 11.8. The van der Waals surface area contributed by atoms with Crippen LogP contribution in [0, 0.1) is 0 Å². The van der Waals surface area contributed by atoms with Crippen molar-refractivity contribution in [3.63, 3.8) is 0 Å². The third-order valence-electron chi connectivity index (χ3n) is 3.11. The van der Waals surface area contributed by atoms with Crippen molar-refractivity contribution in [1.29, 1.82) is 0 Å². The summed E-state index contributed by atoms with van der Waals surface area (Å²) < 4.78 is 26.6. The maximum atomic E-state index is 11.8. The molecule has 1 rings (SSSR count). The first kappa shape index (κ1) is 16.4. The van der Waals surface area contributed by atoms with Gasteiger partial charge in [-0.15, -0.1) is 4.67 Å². The van der Waals surface area contributed by atoms with Gasteiger partial charge in [0.2, 0.25) is 8.32 Å². The number of hydrogen-bond donors (Lipinski definition) is 1. The molecule has 5 nitrogen and oxygen atoms in total. The van der Waals surface area contributed by atoms with Crippen LogP contribution < -0.4 is 4.52 Å². The third kappa shape index (κ3) is 5.08. The first-order valence-electron chi connectivity index (χ1n) is 5.98. The number of phosphoric acid groups is 1. The Hall–Kier alpha value is -0.653. The molecule has 0 aromatic heterocycles. The van der Waals surface area contributed by atoms with Crippen molar-refractivity contribution in [3.8, 4) is 5.75 Å². The molecular formula is C12H21O5PSi. The summed E-state index contributed by atoms with van der Waals surface area (Å²) in [5, 5.41) is -0.125. The maximum Gasteiger partial charge on any atom is 0.554 e. The second-order valence-corrected chi connectivity index (χ2v) is 11.7. The lowest BCUT2D eigenvalue weighted by Crippen LogP contribution is -2.40. The summed E-state index contributed by atoms with van der Waals surface area (Å²) in [5.74, 6) is 0.257. The van der Waals surface area contributed by atoms with Crippen molar-refractivity contribution in [2.75, 3.05) is 0 Å². The largest absolute Gasteiger partial charge is 0.554 e. The molecule has 1 aromatic rings. The second-order valence-electron chi connectivity index (χ2n) is 5.79. The van der Waals surface area contributed by atoms with Crippen LogP contribution in [0.2, 0.25) is 18.1 Å². The van der Waals surface area contributed by atoms with Gasteiger partial charge in [-0.2, -0.15) is 0 Å². The number of hydrogen-bond acceptors (Lipinski definition) is 4. The summed E-state index contributed by atoms with van der Waals surface area (Å²) in [7, 11) is -6.53. The van der Waals surface area contributed by atoms with Crippen LogP contribution in [0.3, 0.4) is 0 Å². The molecule has 1 N–H and O–H groups in total. The molecule has 0 heterocycles. The zero-order chi connectivity index (χ0) is 14.7. The summed E-state index contributed by atoms with van der Waals surface area (Å²) in [5.41, 5.74) is 0. The Labute approximate surface area is 115 Å². The number of para-hydroxylation sites is 1. The van der Waals surface area contributed by atoms with Crippen LogP contribution in [-0.4, -0.2) is 13.2 Å². The van der Waals surface area contributed by atoms with E-state index in [1.165, 1.54) is 0 Å². The van der Waals surface area contributed by atoms with Gasteiger partial charge in [-0.1, -0.05) is 39.0 Å². The van der Waals surface area contributed by atoms with Gasteiger partial charge >= 0.3 is 7.82 Å². The summed E-state index contributed by atoms with van der Waals surface area (Å²) >= 11 is 0. The van der Waals surface area contributed by atoms with Gasteiger partial charge in [0.25, 0.3) is 0 Å². The van der Waals surface area contributed by atoms with Crippen LogP contribution in [0.15, 0.2) is 30.3 Å². The molecule has 0 radical (unpaired) electrons. The Kier molecular flexibility index (Phi) is 4.98. The molecule has 7 heteroatoms. The van der Waals surface area contributed by atoms with E-state index < -0.39 is 16.1 Å². The number of rotatable bonds is 5. The van der Waals surface area contributed by atoms with Crippen LogP contribution in [0.1, 0.15) is 20.8 Å². The molecule has 0 saturated carbocycles. The molecule has 108 valence electrons. The average Bonchev–Trinajstić information content (AvgIpc) is 2.26. The quantitative estimate of drug-likeness (QED) is 0.383. The fourth-order valence-corrected chi connectivity index (χ4v) is 2.69. The summed E-state index contributed by atoms with van der Waals surface area (Å²) in [6.45, 7) is 9.83. The first-order chi connectivity index (χ1) is 8.54. The summed E-state index contributed by atoms with van der Waals surface area (Å²) in [6.07, 6.45) is 0. The van der Waals surface area contributed by atoms with Gasteiger partial charge in [0.05, 0.1) is 0 Å². The highest BCUT2D eigenvalue weighted by molar-refractivity contribution is 7.47. The monoisotopic (exact) mass is 304 g/mol. The normalized spacial score (nSPS) is 15.9. The zero-order valence-corrected chi connectivity index (χ0v) is 13.8. The fourth-order valence-electron chi connectivity index (χ4n) is 0.895. The van der Waals surface area contributed by atoms with Crippen LogP contribution in [0.25, 0.3) is 0 Å². The molecule has 0 amide bonds. The first-order valence-corrected chi connectivity index (χ1v) is 10.4. The molecule has 1 aromatic carbocycles. The van der Waals surface area contributed by atoms with Gasteiger partial charge in [-0.05, 0) is 30.3 Å². The van der Waals surface area contributed by atoms with Gasteiger partial charge < -0.3 is 4.52 Å². The van der Waals surface area contributed by atoms with Crippen molar-refractivity contribution < 1.29 is 23.2 Å². The summed E-state index contributed by atoms with van der Waals surface area (Å²) in [6, 6.07) is 8.31. The molecule has 1 unspecified atom stereocenters. The van der Waals surface area contributed by atoms with Crippen molar-refractivity contribution in [3.05, 3.63) is 30.3 Å². The van der Waals surface area contributed by atoms with E-state index in [0.29, 0.717) is 0 Å². The smallest absolute Gasteiger partial charge is 0.403 e.